The Kier molecular flexibility index (Phi) is 6.37. The summed E-state index contributed by atoms with van der Waals surface area (Å²) in [7, 11) is 0. The number of nitrogens with one attached hydrogen (secondary N) is 2. The van der Waals surface area contributed by atoms with Gasteiger partial charge in [0.05, 0.1) is 24.8 Å². The van der Waals surface area contributed by atoms with Crippen molar-refractivity contribution in [1.29, 1.82) is 0 Å². The van der Waals surface area contributed by atoms with E-state index in [1.54, 1.807) is 19.1 Å². The van der Waals surface area contributed by atoms with Crippen molar-refractivity contribution < 1.29 is 9.53 Å². The van der Waals surface area contributed by atoms with Crippen molar-refractivity contribution in [1.82, 2.24) is 15.3 Å². The van der Waals surface area contributed by atoms with Crippen LogP contribution in [-0.4, -0.2) is 22.5 Å². The molecule has 2 aromatic carbocycles. The molecular formula is C24H24ClN3O3. The first-order valence-electron chi connectivity index (χ1n) is 10.3. The van der Waals surface area contributed by atoms with E-state index in [0.717, 1.165) is 41.9 Å². The molecule has 4 rings (SSSR count). The highest BCUT2D eigenvalue weighted by atomic mass is 35.5. The summed E-state index contributed by atoms with van der Waals surface area (Å²) in [5, 5.41) is 3.72. The van der Waals surface area contributed by atoms with E-state index in [9.17, 15) is 9.59 Å². The molecule has 1 aromatic heterocycles. The average Bonchev–Trinajstić information content (AvgIpc) is 2.73. The lowest BCUT2D eigenvalue weighted by molar-refractivity contribution is -0.121. The van der Waals surface area contributed by atoms with Crippen LogP contribution in [-0.2, 0) is 24.1 Å². The number of nitrogens with zero attached hydrogens (tertiary/aromatic N) is 1. The van der Waals surface area contributed by atoms with Crippen molar-refractivity contribution in [2.75, 3.05) is 6.61 Å². The summed E-state index contributed by atoms with van der Waals surface area (Å²) in [4.78, 5) is 31.8. The van der Waals surface area contributed by atoms with Crippen molar-refractivity contribution in [3.05, 3.63) is 92.1 Å². The number of H-pyrrole nitrogens is 1. The largest absolute Gasteiger partial charge is 0.493 e. The van der Waals surface area contributed by atoms with Gasteiger partial charge < -0.3 is 15.0 Å². The fourth-order valence-corrected chi connectivity index (χ4v) is 3.98. The van der Waals surface area contributed by atoms with Gasteiger partial charge in [0, 0.05) is 17.5 Å². The minimum absolute atomic E-state index is 0.0989. The highest BCUT2D eigenvalue weighted by Crippen LogP contribution is 2.26. The fraction of sp³-hybridized carbons (Fsp3) is 0.292. The molecule has 0 radical (unpaired) electrons. The lowest BCUT2D eigenvalue weighted by Crippen LogP contribution is -2.31. The number of aromatic amines is 1. The van der Waals surface area contributed by atoms with Gasteiger partial charge in [-0.15, -0.1) is 0 Å². The number of carbonyl (C=O) groups excluding carboxylic acids is 1. The minimum Gasteiger partial charge on any atom is -0.493 e. The summed E-state index contributed by atoms with van der Waals surface area (Å²) in [5.41, 5.74) is 3.40. The van der Waals surface area contributed by atoms with Crippen molar-refractivity contribution in [2.24, 2.45) is 0 Å². The van der Waals surface area contributed by atoms with E-state index in [1.165, 1.54) is 6.07 Å². The zero-order valence-corrected chi connectivity index (χ0v) is 18.0. The number of amides is 1. The average molecular weight is 438 g/mol. The standard InChI is InChI=1S/C24H24ClN3O3/c1-15-26-20(14-24(30)27-15)13-21(17-5-7-19(25)8-6-17)28-23(29)12-16-4-9-22-18(11-16)3-2-10-31-22/h4-9,11,14,21H,2-3,10,12-13H2,1H3,(H,28,29)(H,26,27,30)/t21-/m0/s1. The van der Waals surface area contributed by atoms with E-state index < -0.39 is 0 Å². The smallest absolute Gasteiger partial charge is 0.251 e. The Morgan fingerprint density at radius 1 is 1.23 bits per heavy atom. The lowest BCUT2D eigenvalue weighted by atomic mass is 9.99. The van der Waals surface area contributed by atoms with Crippen LogP contribution in [0.25, 0.3) is 0 Å². The van der Waals surface area contributed by atoms with Crippen LogP contribution in [0.3, 0.4) is 0 Å². The van der Waals surface area contributed by atoms with Gasteiger partial charge in [-0.1, -0.05) is 35.9 Å². The third-order valence-electron chi connectivity index (χ3n) is 5.27. The normalized spacial score (nSPS) is 13.7. The summed E-state index contributed by atoms with van der Waals surface area (Å²) >= 11 is 6.03. The molecule has 0 saturated heterocycles. The topological polar surface area (TPSA) is 84.1 Å². The van der Waals surface area contributed by atoms with Crippen LogP contribution >= 0.6 is 11.6 Å². The predicted octanol–water partition coefficient (Wildman–Crippen LogP) is 3.70. The quantitative estimate of drug-likeness (QED) is 0.615. The molecule has 7 heteroatoms. The maximum absolute atomic E-state index is 12.9. The lowest BCUT2D eigenvalue weighted by Gasteiger charge is -2.20. The Morgan fingerprint density at radius 2 is 2.03 bits per heavy atom. The second-order valence-corrected chi connectivity index (χ2v) is 8.21. The maximum Gasteiger partial charge on any atom is 0.251 e. The van der Waals surface area contributed by atoms with Crippen LogP contribution in [0.4, 0.5) is 0 Å². The van der Waals surface area contributed by atoms with Gasteiger partial charge in [0.25, 0.3) is 5.56 Å². The van der Waals surface area contributed by atoms with Gasteiger partial charge in [-0.2, -0.15) is 0 Å². The summed E-state index contributed by atoms with van der Waals surface area (Å²) in [6.07, 6.45) is 2.62. The zero-order valence-electron chi connectivity index (χ0n) is 17.3. The van der Waals surface area contributed by atoms with Crippen LogP contribution in [0.2, 0.25) is 5.02 Å². The van der Waals surface area contributed by atoms with Crippen molar-refractivity contribution >= 4 is 17.5 Å². The van der Waals surface area contributed by atoms with Crippen LogP contribution in [0.1, 0.15) is 40.7 Å². The van der Waals surface area contributed by atoms with Crippen LogP contribution in [0.5, 0.6) is 5.75 Å². The number of benzene rings is 2. The molecule has 0 unspecified atom stereocenters. The van der Waals surface area contributed by atoms with Gasteiger partial charge >= 0.3 is 0 Å². The summed E-state index contributed by atoms with van der Waals surface area (Å²) in [6.45, 7) is 2.48. The monoisotopic (exact) mass is 437 g/mol. The van der Waals surface area contributed by atoms with Crippen molar-refractivity contribution in [3.8, 4) is 5.75 Å². The first-order valence-corrected chi connectivity index (χ1v) is 10.7. The molecule has 1 atom stereocenters. The number of rotatable bonds is 6. The maximum atomic E-state index is 12.9. The van der Waals surface area contributed by atoms with E-state index in [2.05, 4.69) is 15.3 Å². The van der Waals surface area contributed by atoms with Crippen molar-refractivity contribution in [2.45, 2.75) is 38.6 Å². The molecule has 31 heavy (non-hydrogen) atoms. The minimum atomic E-state index is -0.334. The molecule has 1 amide bonds. The third-order valence-corrected chi connectivity index (χ3v) is 5.52. The molecule has 0 aliphatic carbocycles. The van der Waals surface area contributed by atoms with Crippen LogP contribution in [0, 0.1) is 6.92 Å². The van der Waals surface area contributed by atoms with Gasteiger partial charge in [0.1, 0.15) is 11.6 Å². The van der Waals surface area contributed by atoms with E-state index in [-0.39, 0.29) is 23.9 Å². The first-order chi connectivity index (χ1) is 15.0. The van der Waals surface area contributed by atoms with Gasteiger partial charge in [-0.05, 0) is 54.7 Å². The number of halogens is 1. The molecule has 6 nitrogen and oxygen atoms in total. The summed E-state index contributed by atoms with van der Waals surface area (Å²) in [6, 6.07) is 14.4. The third kappa shape index (κ3) is 5.52. The number of aromatic nitrogens is 2. The molecular weight excluding hydrogens is 414 g/mol. The fourth-order valence-electron chi connectivity index (χ4n) is 3.86. The number of hydrogen-bond donors (Lipinski definition) is 2. The second-order valence-electron chi connectivity index (χ2n) is 7.77. The van der Waals surface area contributed by atoms with Crippen molar-refractivity contribution in [3.63, 3.8) is 0 Å². The highest BCUT2D eigenvalue weighted by Gasteiger charge is 2.18. The molecule has 0 saturated carbocycles. The Balaban J connectivity index is 1.52. The predicted molar refractivity (Wildman–Crippen MR) is 120 cm³/mol. The van der Waals surface area contributed by atoms with Gasteiger partial charge in [0.2, 0.25) is 5.91 Å². The van der Waals surface area contributed by atoms with Gasteiger partial charge in [-0.3, -0.25) is 9.59 Å². The molecule has 0 spiro atoms. The molecule has 160 valence electrons. The van der Waals surface area contributed by atoms with Gasteiger partial charge in [-0.25, -0.2) is 4.98 Å². The Hall–Kier alpha value is -3.12. The first kappa shape index (κ1) is 21.1. The Morgan fingerprint density at radius 3 is 2.81 bits per heavy atom. The number of carbonyl (C=O) groups is 1. The van der Waals surface area contributed by atoms with Crippen LogP contribution < -0.4 is 15.6 Å². The number of fused-ring (bicyclic) bond motifs is 1. The zero-order chi connectivity index (χ0) is 21.8. The molecule has 2 heterocycles. The molecule has 3 aromatic rings. The van der Waals surface area contributed by atoms with Gasteiger partial charge in [0.15, 0.2) is 0 Å². The second kappa shape index (κ2) is 9.35. The molecule has 2 N–H and O–H groups in total. The highest BCUT2D eigenvalue weighted by molar-refractivity contribution is 6.30. The number of hydrogen-bond acceptors (Lipinski definition) is 4. The van der Waals surface area contributed by atoms with E-state index in [4.69, 9.17) is 16.3 Å². The molecule has 1 aliphatic heterocycles. The van der Waals surface area contributed by atoms with E-state index in [0.29, 0.717) is 23.0 Å². The Labute approximate surface area is 185 Å². The molecule has 0 fully saturated rings. The SMILES string of the molecule is Cc1nc(C[C@H](NC(=O)Cc2ccc3c(c2)CCCO3)c2ccc(Cl)cc2)cc(=O)[nH]1. The van der Waals surface area contributed by atoms with E-state index >= 15 is 0 Å². The Bertz CT molecular complexity index is 1140. The number of aryl methyl sites for hydroxylation is 2. The molecule has 0 bridgehead atoms. The van der Waals surface area contributed by atoms with Crippen LogP contribution in [0.15, 0.2) is 53.3 Å². The summed E-state index contributed by atoms with van der Waals surface area (Å²) < 4.78 is 5.65. The number of ether oxygens (including phenoxy) is 1. The molecule has 1 aliphatic rings. The van der Waals surface area contributed by atoms with E-state index in [1.807, 2.05) is 30.3 Å². The summed E-state index contributed by atoms with van der Waals surface area (Å²) in [5.74, 6) is 1.35.